The fourth-order valence-corrected chi connectivity index (χ4v) is 1.63. The monoisotopic (exact) mass is 311 g/mol. The number of nitrogens with one attached hydrogen (secondary N) is 1. The summed E-state index contributed by atoms with van der Waals surface area (Å²) in [7, 11) is 0. The van der Waals surface area contributed by atoms with Crippen LogP contribution in [0.15, 0.2) is 22.7 Å². The maximum absolute atomic E-state index is 13.3. The quantitative estimate of drug-likeness (QED) is 0.782. The first kappa shape index (κ1) is 14.5. The molecule has 0 aromatic heterocycles. The van der Waals surface area contributed by atoms with Crippen LogP contribution in [0, 0.1) is 5.82 Å². The molecule has 6 heteroatoms. The number of hydrogen-bond donors (Lipinski definition) is 1. The van der Waals surface area contributed by atoms with Crippen molar-refractivity contribution in [3.63, 3.8) is 0 Å². The minimum atomic E-state index is -2.45. The highest BCUT2D eigenvalue weighted by atomic mass is 79.9. The molecule has 1 N–H and O–H groups in total. The Morgan fingerprint density at radius 2 is 2.12 bits per heavy atom. The van der Waals surface area contributed by atoms with Gasteiger partial charge in [-0.15, -0.1) is 0 Å². The topological polar surface area (TPSA) is 21.3 Å². The van der Waals surface area contributed by atoms with Crippen molar-refractivity contribution < 1.29 is 17.9 Å². The van der Waals surface area contributed by atoms with E-state index in [4.69, 9.17) is 0 Å². The van der Waals surface area contributed by atoms with E-state index in [1.54, 1.807) is 12.1 Å². The first-order valence-electron chi connectivity index (χ1n) is 5.10. The molecule has 0 bridgehead atoms. The molecule has 0 fully saturated rings. The second-order valence-corrected chi connectivity index (χ2v) is 4.29. The molecule has 0 radical (unpaired) electrons. The summed E-state index contributed by atoms with van der Waals surface area (Å²) in [5, 5.41) is 2.91. The smallest absolute Gasteiger partial charge is 0.261 e. The number of ether oxygens (including phenoxy) is 1. The Kier molecular flexibility index (Phi) is 6.54. The third-order valence-electron chi connectivity index (χ3n) is 1.99. The molecule has 1 aromatic carbocycles. The zero-order chi connectivity index (χ0) is 12.7. The van der Waals surface area contributed by atoms with Gasteiger partial charge in [-0.05, 0) is 18.2 Å². The normalized spacial score (nSPS) is 11.1. The largest absolute Gasteiger partial charge is 0.374 e. The fraction of sp³-hybridized carbons (Fsp3) is 0.455. The molecule has 0 amide bonds. The highest BCUT2D eigenvalue weighted by Gasteiger charge is 2.03. The molecule has 0 saturated heterocycles. The molecule has 17 heavy (non-hydrogen) atoms. The van der Waals surface area contributed by atoms with E-state index in [1.165, 1.54) is 6.07 Å². The van der Waals surface area contributed by atoms with Crippen molar-refractivity contribution >= 4 is 15.9 Å². The minimum absolute atomic E-state index is 0.181. The summed E-state index contributed by atoms with van der Waals surface area (Å²) in [5.41, 5.74) is 0.522. The average molecular weight is 312 g/mol. The molecular formula is C11H13BrF3NO. The van der Waals surface area contributed by atoms with Gasteiger partial charge in [-0.3, -0.25) is 0 Å². The highest BCUT2D eigenvalue weighted by molar-refractivity contribution is 9.10. The van der Waals surface area contributed by atoms with Gasteiger partial charge in [-0.25, -0.2) is 13.2 Å². The Labute approximate surface area is 106 Å². The number of hydrogen-bond acceptors (Lipinski definition) is 2. The van der Waals surface area contributed by atoms with E-state index in [9.17, 15) is 13.2 Å². The lowest BCUT2D eigenvalue weighted by molar-refractivity contribution is 0.0187. The van der Waals surface area contributed by atoms with Gasteiger partial charge in [0.05, 0.1) is 6.61 Å². The first-order chi connectivity index (χ1) is 8.09. The van der Waals surface area contributed by atoms with Gasteiger partial charge in [0, 0.05) is 23.1 Å². The number of halogens is 4. The molecular weight excluding hydrogens is 299 g/mol. The third kappa shape index (κ3) is 6.05. The molecule has 0 atom stereocenters. The Morgan fingerprint density at radius 1 is 1.35 bits per heavy atom. The fourth-order valence-electron chi connectivity index (χ4n) is 1.22. The van der Waals surface area contributed by atoms with Crippen LogP contribution in [0.5, 0.6) is 0 Å². The molecule has 0 aliphatic rings. The van der Waals surface area contributed by atoms with Crippen LogP contribution in [0.3, 0.4) is 0 Å². The standard InChI is InChI=1S/C11H13BrF3NO/c12-9-1-2-10(13)8(5-9)6-16-3-4-17-7-11(14)15/h1-2,5,11,16H,3-4,6-7H2. The van der Waals surface area contributed by atoms with Gasteiger partial charge in [0.15, 0.2) is 0 Å². The van der Waals surface area contributed by atoms with Crippen LogP contribution in [0.1, 0.15) is 5.56 Å². The Morgan fingerprint density at radius 3 is 2.82 bits per heavy atom. The maximum atomic E-state index is 13.3. The van der Waals surface area contributed by atoms with Crippen molar-refractivity contribution in [1.29, 1.82) is 0 Å². The van der Waals surface area contributed by atoms with Crippen molar-refractivity contribution in [1.82, 2.24) is 5.32 Å². The Balaban J connectivity index is 2.20. The summed E-state index contributed by atoms with van der Waals surface area (Å²) in [6, 6.07) is 4.65. The summed E-state index contributed by atoms with van der Waals surface area (Å²) < 4.78 is 42.1. The van der Waals surface area contributed by atoms with Crippen LogP contribution in [0.4, 0.5) is 13.2 Å². The summed E-state index contributed by atoms with van der Waals surface area (Å²) in [5.74, 6) is -0.297. The van der Waals surface area contributed by atoms with Crippen LogP contribution in [-0.4, -0.2) is 26.2 Å². The lowest BCUT2D eigenvalue weighted by Crippen LogP contribution is -2.21. The second-order valence-electron chi connectivity index (χ2n) is 3.38. The van der Waals surface area contributed by atoms with Crippen LogP contribution in [0.25, 0.3) is 0 Å². The molecule has 0 spiro atoms. The molecule has 0 heterocycles. The van der Waals surface area contributed by atoms with Crippen LogP contribution >= 0.6 is 15.9 Å². The molecule has 0 aliphatic carbocycles. The van der Waals surface area contributed by atoms with Crippen LogP contribution in [-0.2, 0) is 11.3 Å². The number of alkyl halides is 2. The third-order valence-corrected chi connectivity index (χ3v) is 2.48. The van der Waals surface area contributed by atoms with Crippen LogP contribution < -0.4 is 5.32 Å². The lowest BCUT2D eigenvalue weighted by atomic mass is 10.2. The predicted octanol–water partition coefficient (Wildman–Crippen LogP) is 2.96. The van der Waals surface area contributed by atoms with Crippen molar-refractivity contribution in [3.8, 4) is 0 Å². The molecule has 96 valence electrons. The Bertz CT molecular complexity index is 349. The second kappa shape index (κ2) is 7.68. The molecule has 0 aliphatic heterocycles. The number of rotatable bonds is 7. The molecule has 0 saturated carbocycles. The van der Waals surface area contributed by atoms with Gasteiger partial charge in [0.25, 0.3) is 6.43 Å². The highest BCUT2D eigenvalue weighted by Crippen LogP contribution is 2.15. The summed E-state index contributed by atoms with van der Waals surface area (Å²) in [6.45, 7) is 0.356. The van der Waals surface area contributed by atoms with E-state index in [-0.39, 0.29) is 12.4 Å². The zero-order valence-corrected chi connectivity index (χ0v) is 10.6. The van der Waals surface area contributed by atoms with E-state index >= 15 is 0 Å². The molecule has 1 rings (SSSR count). The van der Waals surface area contributed by atoms with E-state index in [2.05, 4.69) is 26.0 Å². The maximum Gasteiger partial charge on any atom is 0.261 e. The van der Waals surface area contributed by atoms with Crippen molar-refractivity contribution in [3.05, 3.63) is 34.1 Å². The zero-order valence-electron chi connectivity index (χ0n) is 9.06. The van der Waals surface area contributed by atoms with Gasteiger partial charge in [0.2, 0.25) is 0 Å². The van der Waals surface area contributed by atoms with E-state index in [0.717, 1.165) is 4.47 Å². The van der Waals surface area contributed by atoms with E-state index in [1.807, 2.05) is 0 Å². The van der Waals surface area contributed by atoms with E-state index < -0.39 is 13.0 Å². The van der Waals surface area contributed by atoms with Gasteiger partial charge < -0.3 is 10.1 Å². The van der Waals surface area contributed by atoms with Gasteiger partial charge >= 0.3 is 0 Å². The predicted molar refractivity (Wildman–Crippen MR) is 62.6 cm³/mol. The van der Waals surface area contributed by atoms with Crippen molar-refractivity contribution in [2.24, 2.45) is 0 Å². The Hall–Kier alpha value is -0.590. The summed E-state index contributed by atoms with van der Waals surface area (Å²) in [6.07, 6.45) is -2.45. The summed E-state index contributed by atoms with van der Waals surface area (Å²) >= 11 is 3.24. The van der Waals surface area contributed by atoms with E-state index in [0.29, 0.717) is 18.7 Å². The lowest BCUT2D eigenvalue weighted by Gasteiger charge is -2.07. The SMILES string of the molecule is Fc1ccc(Br)cc1CNCCOCC(F)F. The molecule has 1 aromatic rings. The van der Waals surface area contributed by atoms with Gasteiger partial charge in [0.1, 0.15) is 12.4 Å². The van der Waals surface area contributed by atoms with Gasteiger partial charge in [-0.2, -0.15) is 0 Å². The molecule has 2 nitrogen and oxygen atoms in total. The summed E-state index contributed by atoms with van der Waals surface area (Å²) in [4.78, 5) is 0. The van der Waals surface area contributed by atoms with Crippen molar-refractivity contribution in [2.75, 3.05) is 19.8 Å². The molecule has 0 unspecified atom stereocenters. The van der Waals surface area contributed by atoms with Crippen molar-refractivity contribution in [2.45, 2.75) is 13.0 Å². The first-order valence-corrected chi connectivity index (χ1v) is 5.89. The van der Waals surface area contributed by atoms with Gasteiger partial charge in [-0.1, -0.05) is 15.9 Å². The van der Waals surface area contributed by atoms with Crippen LogP contribution in [0.2, 0.25) is 0 Å². The average Bonchev–Trinajstić information content (AvgIpc) is 2.27. The number of benzene rings is 1. The minimum Gasteiger partial charge on any atom is -0.374 e.